The minimum atomic E-state index is -0.203. The van der Waals surface area contributed by atoms with Gasteiger partial charge in [0.05, 0.1) is 0 Å². The second-order valence-corrected chi connectivity index (χ2v) is 7.55. The number of nitrogens with one attached hydrogen (secondary N) is 1. The van der Waals surface area contributed by atoms with Gasteiger partial charge in [-0.3, -0.25) is 9.59 Å². The number of rotatable bonds is 6. The molecule has 1 N–H and O–H groups in total. The molecule has 1 aromatic carbocycles. The first-order valence-corrected chi connectivity index (χ1v) is 8.91. The Balaban J connectivity index is 1.67. The van der Waals surface area contributed by atoms with Crippen LogP contribution in [-0.2, 0) is 4.79 Å². The molecule has 5 nitrogen and oxygen atoms in total. The Morgan fingerprint density at radius 2 is 1.96 bits per heavy atom. The molecule has 2 amide bonds. The van der Waals surface area contributed by atoms with Gasteiger partial charge in [-0.25, -0.2) is 4.98 Å². The summed E-state index contributed by atoms with van der Waals surface area (Å²) < 4.78 is 0. The van der Waals surface area contributed by atoms with Crippen molar-refractivity contribution >= 4 is 28.3 Å². The Morgan fingerprint density at radius 3 is 2.54 bits per heavy atom. The Labute approximate surface area is 145 Å². The largest absolute Gasteiger partial charge is 0.329 e. The van der Waals surface area contributed by atoms with Gasteiger partial charge in [0.2, 0.25) is 5.91 Å². The van der Waals surface area contributed by atoms with Crippen LogP contribution in [0.5, 0.6) is 0 Å². The highest BCUT2D eigenvalue weighted by molar-refractivity contribution is 7.15. The van der Waals surface area contributed by atoms with Gasteiger partial charge in [-0.05, 0) is 44.7 Å². The monoisotopic (exact) mass is 343 g/mol. The second kappa shape index (κ2) is 7.13. The predicted octanol–water partition coefficient (Wildman–Crippen LogP) is 3.25. The first-order chi connectivity index (χ1) is 11.5. The highest BCUT2D eigenvalue weighted by atomic mass is 32.1. The molecule has 0 radical (unpaired) electrons. The van der Waals surface area contributed by atoms with Crippen molar-refractivity contribution < 1.29 is 9.59 Å². The molecule has 24 heavy (non-hydrogen) atoms. The van der Waals surface area contributed by atoms with Gasteiger partial charge in [0.15, 0.2) is 5.13 Å². The number of thiazole rings is 1. The average Bonchev–Trinajstić information content (AvgIpc) is 3.27. The topological polar surface area (TPSA) is 62.3 Å². The van der Waals surface area contributed by atoms with E-state index in [1.165, 1.54) is 11.3 Å². The fraction of sp³-hybridized carbons (Fsp3) is 0.389. The van der Waals surface area contributed by atoms with E-state index in [-0.39, 0.29) is 18.4 Å². The van der Waals surface area contributed by atoms with Crippen LogP contribution in [0.25, 0.3) is 0 Å². The smallest absolute Gasteiger partial charge is 0.254 e. The maximum Gasteiger partial charge on any atom is 0.254 e. The number of carbonyl (C=O) groups is 2. The van der Waals surface area contributed by atoms with Crippen molar-refractivity contribution in [2.75, 3.05) is 18.4 Å². The third-order valence-electron chi connectivity index (χ3n) is 3.96. The van der Waals surface area contributed by atoms with Gasteiger partial charge in [-0.15, -0.1) is 11.3 Å². The molecule has 1 fully saturated rings. The van der Waals surface area contributed by atoms with E-state index in [1.54, 1.807) is 11.1 Å². The number of anilines is 1. The van der Waals surface area contributed by atoms with Gasteiger partial charge in [0.25, 0.3) is 5.91 Å². The maximum absolute atomic E-state index is 12.7. The number of benzene rings is 1. The maximum atomic E-state index is 12.7. The van der Waals surface area contributed by atoms with Crippen LogP contribution in [0.3, 0.4) is 0 Å². The molecule has 1 aliphatic carbocycles. The van der Waals surface area contributed by atoms with Crippen LogP contribution >= 0.6 is 11.3 Å². The Hall–Kier alpha value is -2.21. The van der Waals surface area contributed by atoms with Crippen molar-refractivity contribution in [1.82, 2.24) is 9.88 Å². The number of nitrogens with zero attached hydrogens (tertiary/aromatic N) is 2. The van der Waals surface area contributed by atoms with Crippen molar-refractivity contribution in [3.8, 4) is 0 Å². The molecule has 0 aliphatic heterocycles. The summed E-state index contributed by atoms with van der Waals surface area (Å²) in [6.07, 6.45) is 3.98. The lowest BCUT2D eigenvalue weighted by molar-refractivity contribution is -0.116. The van der Waals surface area contributed by atoms with Gasteiger partial charge in [-0.2, -0.15) is 0 Å². The van der Waals surface area contributed by atoms with Gasteiger partial charge in [0.1, 0.15) is 6.54 Å². The second-order valence-electron chi connectivity index (χ2n) is 6.32. The molecular formula is C18H21N3O2S. The third-order valence-corrected chi connectivity index (χ3v) is 4.79. The standard InChI is InChI=1S/C18H21N3O2S/c1-12-3-7-15(8-4-12)17(23)21(10-14-5-6-14)11-16(22)20-18-19-9-13(2)24-18/h3-4,7-9,14H,5-6,10-11H2,1-2H3,(H,19,20,22). The number of amides is 2. The van der Waals surface area contributed by atoms with Crippen molar-refractivity contribution in [3.63, 3.8) is 0 Å². The van der Waals surface area contributed by atoms with Crippen LogP contribution in [-0.4, -0.2) is 34.8 Å². The van der Waals surface area contributed by atoms with Crippen molar-refractivity contribution in [1.29, 1.82) is 0 Å². The molecule has 2 aromatic rings. The minimum Gasteiger partial charge on any atom is -0.329 e. The zero-order valence-corrected chi connectivity index (χ0v) is 14.7. The number of aromatic nitrogens is 1. The fourth-order valence-electron chi connectivity index (χ4n) is 2.45. The Bertz CT molecular complexity index is 735. The van der Waals surface area contributed by atoms with Gasteiger partial charge >= 0.3 is 0 Å². The summed E-state index contributed by atoms with van der Waals surface area (Å²) in [7, 11) is 0. The van der Waals surface area contributed by atoms with E-state index >= 15 is 0 Å². The van der Waals surface area contributed by atoms with Crippen LogP contribution < -0.4 is 5.32 Å². The van der Waals surface area contributed by atoms with E-state index in [0.717, 1.165) is 23.3 Å². The zero-order chi connectivity index (χ0) is 17.1. The molecule has 6 heteroatoms. The number of aryl methyl sites for hydroxylation is 2. The molecular weight excluding hydrogens is 322 g/mol. The van der Waals surface area contributed by atoms with Crippen LogP contribution in [0.4, 0.5) is 5.13 Å². The lowest BCUT2D eigenvalue weighted by Crippen LogP contribution is -2.39. The summed E-state index contributed by atoms with van der Waals surface area (Å²) in [5.74, 6) is 0.229. The van der Waals surface area contributed by atoms with E-state index in [0.29, 0.717) is 23.2 Å². The number of carbonyl (C=O) groups excluding carboxylic acids is 2. The molecule has 0 unspecified atom stereocenters. The molecule has 0 atom stereocenters. The van der Waals surface area contributed by atoms with E-state index in [1.807, 2.05) is 38.1 Å². The SMILES string of the molecule is Cc1ccc(C(=O)N(CC(=O)Nc2ncc(C)s2)CC2CC2)cc1. The first-order valence-electron chi connectivity index (χ1n) is 8.09. The number of hydrogen-bond acceptors (Lipinski definition) is 4. The molecule has 126 valence electrons. The third kappa shape index (κ3) is 4.41. The molecule has 1 saturated carbocycles. The lowest BCUT2D eigenvalue weighted by Gasteiger charge is -2.22. The summed E-state index contributed by atoms with van der Waals surface area (Å²) in [4.78, 5) is 31.9. The molecule has 1 heterocycles. The van der Waals surface area contributed by atoms with Crippen molar-refractivity contribution in [2.24, 2.45) is 5.92 Å². The molecule has 0 saturated heterocycles. The summed E-state index contributed by atoms with van der Waals surface area (Å²) in [5, 5.41) is 3.35. The summed E-state index contributed by atoms with van der Waals surface area (Å²) in [5.41, 5.74) is 1.73. The highest BCUT2D eigenvalue weighted by Gasteiger charge is 2.28. The minimum absolute atomic E-state index is 0.0574. The first kappa shape index (κ1) is 16.6. The van der Waals surface area contributed by atoms with E-state index in [9.17, 15) is 9.59 Å². The molecule has 0 bridgehead atoms. The highest BCUT2D eigenvalue weighted by Crippen LogP contribution is 2.30. The van der Waals surface area contributed by atoms with E-state index < -0.39 is 0 Å². The summed E-state index contributed by atoms with van der Waals surface area (Å²) in [6, 6.07) is 7.47. The van der Waals surface area contributed by atoms with Gasteiger partial charge < -0.3 is 10.2 Å². The predicted molar refractivity (Wildman–Crippen MR) is 95.3 cm³/mol. The Morgan fingerprint density at radius 1 is 1.25 bits per heavy atom. The lowest BCUT2D eigenvalue weighted by atomic mass is 10.1. The quantitative estimate of drug-likeness (QED) is 0.876. The van der Waals surface area contributed by atoms with Crippen LogP contribution in [0.2, 0.25) is 0 Å². The Kier molecular flexibility index (Phi) is 4.94. The van der Waals surface area contributed by atoms with E-state index in [2.05, 4.69) is 10.3 Å². The fourth-order valence-corrected chi connectivity index (χ4v) is 3.14. The van der Waals surface area contributed by atoms with Crippen LogP contribution in [0.1, 0.15) is 33.6 Å². The molecule has 0 spiro atoms. The van der Waals surface area contributed by atoms with Gasteiger partial charge in [0, 0.05) is 23.2 Å². The summed E-state index contributed by atoms with van der Waals surface area (Å²) in [6.45, 7) is 4.62. The average molecular weight is 343 g/mol. The zero-order valence-electron chi connectivity index (χ0n) is 13.9. The summed E-state index contributed by atoms with van der Waals surface area (Å²) >= 11 is 1.43. The van der Waals surface area contributed by atoms with E-state index in [4.69, 9.17) is 0 Å². The normalized spacial score (nSPS) is 13.6. The molecule has 1 aromatic heterocycles. The van der Waals surface area contributed by atoms with Crippen molar-refractivity contribution in [3.05, 3.63) is 46.5 Å². The van der Waals surface area contributed by atoms with Crippen LogP contribution in [0, 0.1) is 19.8 Å². The van der Waals surface area contributed by atoms with Crippen molar-refractivity contribution in [2.45, 2.75) is 26.7 Å². The van der Waals surface area contributed by atoms with Crippen LogP contribution in [0.15, 0.2) is 30.5 Å². The van der Waals surface area contributed by atoms with Gasteiger partial charge in [-0.1, -0.05) is 17.7 Å². The number of hydrogen-bond donors (Lipinski definition) is 1. The molecule has 1 aliphatic rings. The molecule has 3 rings (SSSR count).